The molecular formula is C25H23N5O4S. The molecule has 2 aromatic heterocycles. The van der Waals surface area contributed by atoms with E-state index in [2.05, 4.69) is 37.2 Å². The zero-order valence-corrected chi connectivity index (χ0v) is 19.8. The highest BCUT2D eigenvalue weighted by atomic mass is 32.2. The predicted octanol–water partition coefficient (Wildman–Crippen LogP) is 3.79. The van der Waals surface area contributed by atoms with Crippen LogP contribution in [0.25, 0.3) is 22.8 Å². The summed E-state index contributed by atoms with van der Waals surface area (Å²) in [4.78, 5) is 11.7. The van der Waals surface area contributed by atoms with Gasteiger partial charge in [-0.2, -0.15) is 5.10 Å². The van der Waals surface area contributed by atoms with Crippen LogP contribution in [-0.4, -0.2) is 48.2 Å². The van der Waals surface area contributed by atoms with Crippen LogP contribution in [0.3, 0.4) is 0 Å². The number of anilines is 1. The van der Waals surface area contributed by atoms with Gasteiger partial charge in [0.05, 0.1) is 17.0 Å². The van der Waals surface area contributed by atoms with Crippen LogP contribution in [0.5, 0.6) is 0 Å². The van der Waals surface area contributed by atoms with Gasteiger partial charge in [-0.15, -0.1) is 0 Å². The van der Waals surface area contributed by atoms with Crippen molar-refractivity contribution in [2.24, 2.45) is 0 Å². The monoisotopic (exact) mass is 489 g/mol. The number of aromatic amines is 1. The van der Waals surface area contributed by atoms with Crippen molar-refractivity contribution in [1.29, 1.82) is 0 Å². The van der Waals surface area contributed by atoms with Crippen LogP contribution in [0.15, 0.2) is 89.8 Å². The zero-order chi connectivity index (χ0) is 24.3. The maximum absolute atomic E-state index is 11.8. The summed E-state index contributed by atoms with van der Waals surface area (Å²) in [6.45, 7) is 1.26. The molecule has 1 N–H and O–H groups in total. The number of rotatable bonds is 8. The van der Waals surface area contributed by atoms with E-state index < -0.39 is 9.84 Å². The summed E-state index contributed by atoms with van der Waals surface area (Å²) in [6.07, 6.45) is 4.53. The van der Waals surface area contributed by atoms with Crippen LogP contribution in [0.1, 0.15) is 5.56 Å². The summed E-state index contributed by atoms with van der Waals surface area (Å²) >= 11 is 0. The molecule has 0 saturated heterocycles. The molecule has 0 saturated carbocycles. The van der Waals surface area contributed by atoms with Gasteiger partial charge in [-0.3, -0.25) is 5.10 Å². The lowest BCUT2D eigenvalue weighted by molar-refractivity contribution is 0.0797. The van der Waals surface area contributed by atoms with Gasteiger partial charge in [0.15, 0.2) is 27.2 Å². The van der Waals surface area contributed by atoms with Gasteiger partial charge in [0.2, 0.25) is 6.79 Å². The number of ether oxygens (including phenoxy) is 2. The van der Waals surface area contributed by atoms with Gasteiger partial charge in [0.1, 0.15) is 12.1 Å². The minimum atomic E-state index is -3.28. The second kappa shape index (κ2) is 9.59. The first-order chi connectivity index (χ1) is 17.0. The third kappa shape index (κ3) is 5.17. The van der Waals surface area contributed by atoms with Crippen molar-refractivity contribution >= 4 is 15.7 Å². The number of benzene rings is 2. The maximum atomic E-state index is 11.8. The van der Waals surface area contributed by atoms with Gasteiger partial charge in [0.25, 0.3) is 0 Å². The third-order valence-corrected chi connectivity index (χ3v) is 6.59. The Morgan fingerprint density at radius 2 is 1.80 bits per heavy atom. The smallest absolute Gasteiger partial charge is 0.229 e. The van der Waals surface area contributed by atoms with Crippen LogP contribution < -0.4 is 4.90 Å². The molecule has 0 atom stereocenters. The summed E-state index contributed by atoms with van der Waals surface area (Å²) in [5, 5.41) is 7.36. The van der Waals surface area contributed by atoms with Gasteiger partial charge in [0, 0.05) is 24.6 Å². The van der Waals surface area contributed by atoms with E-state index in [9.17, 15) is 8.42 Å². The van der Waals surface area contributed by atoms with Crippen LogP contribution >= 0.6 is 0 Å². The topological polar surface area (TPSA) is 110 Å². The number of pyridine rings is 1. The molecular weight excluding hydrogens is 466 g/mol. The fourth-order valence-corrected chi connectivity index (χ4v) is 4.38. The molecule has 0 fully saturated rings. The molecule has 1 aliphatic heterocycles. The van der Waals surface area contributed by atoms with E-state index in [1.807, 2.05) is 30.3 Å². The number of hydrogen-bond acceptors (Lipinski definition) is 8. The Balaban J connectivity index is 1.48. The molecule has 0 amide bonds. The fraction of sp³-hybridized carbons (Fsp3) is 0.160. The van der Waals surface area contributed by atoms with Crippen molar-refractivity contribution in [2.75, 3.05) is 24.5 Å². The SMILES string of the molecule is CS(=O)(=O)c1ccc(-c2n[nH]c(-c3cccnc3N(CC3=COCO3)Cc3ccccc3)n2)cc1. The minimum Gasteiger partial charge on any atom is -0.462 e. The zero-order valence-electron chi connectivity index (χ0n) is 19.0. The summed E-state index contributed by atoms with van der Waals surface area (Å²) in [5.74, 6) is 2.43. The molecule has 3 heterocycles. The number of nitrogens with zero attached hydrogens (tertiary/aromatic N) is 4. The van der Waals surface area contributed by atoms with Crippen molar-refractivity contribution in [1.82, 2.24) is 20.2 Å². The van der Waals surface area contributed by atoms with Crippen molar-refractivity contribution in [2.45, 2.75) is 11.4 Å². The Bertz CT molecular complexity index is 1450. The molecule has 178 valence electrons. The Morgan fingerprint density at radius 3 is 2.51 bits per heavy atom. The molecule has 0 radical (unpaired) electrons. The second-order valence-electron chi connectivity index (χ2n) is 8.03. The fourth-order valence-electron chi connectivity index (χ4n) is 3.75. The maximum Gasteiger partial charge on any atom is 0.229 e. The van der Waals surface area contributed by atoms with Crippen LogP contribution in [0, 0.1) is 0 Å². The molecule has 2 aromatic carbocycles. The lowest BCUT2D eigenvalue weighted by Crippen LogP contribution is -2.27. The van der Waals surface area contributed by atoms with Crippen LogP contribution in [-0.2, 0) is 25.9 Å². The molecule has 35 heavy (non-hydrogen) atoms. The molecule has 0 aliphatic carbocycles. The highest BCUT2D eigenvalue weighted by Gasteiger charge is 2.21. The van der Waals surface area contributed by atoms with Gasteiger partial charge in [-0.05, 0) is 42.0 Å². The average molecular weight is 490 g/mol. The van der Waals surface area contributed by atoms with E-state index in [-0.39, 0.29) is 11.7 Å². The molecule has 0 spiro atoms. The Morgan fingerprint density at radius 1 is 1.00 bits per heavy atom. The first kappa shape index (κ1) is 22.6. The Hall–Kier alpha value is -4.18. The van der Waals surface area contributed by atoms with Crippen molar-refractivity contribution in [3.63, 3.8) is 0 Å². The Kier molecular flexibility index (Phi) is 6.19. The summed E-state index contributed by atoms with van der Waals surface area (Å²) in [6, 6.07) is 20.4. The molecule has 4 aromatic rings. The first-order valence-electron chi connectivity index (χ1n) is 10.9. The summed E-state index contributed by atoms with van der Waals surface area (Å²) < 4.78 is 34.3. The average Bonchev–Trinajstić information content (AvgIpc) is 3.57. The van der Waals surface area contributed by atoms with Gasteiger partial charge in [-0.1, -0.05) is 30.3 Å². The predicted molar refractivity (Wildman–Crippen MR) is 131 cm³/mol. The van der Waals surface area contributed by atoms with Gasteiger partial charge < -0.3 is 14.4 Å². The van der Waals surface area contributed by atoms with E-state index in [4.69, 9.17) is 9.47 Å². The van der Waals surface area contributed by atoms with E-state index in [0.717, 1.165) is 11.1 Å². The molecule has 5 rings (SSSR count). The highest BCUT2D eigenvalue weighted by molar-refractivity contribution is 7.90. The second-order valence-corrected chi connectivity index (χ2v) is 10.0. The van der Waals surface area contributed by atoms with Crippen LogP contribution in [0.4, 0.5) is 5.82 Å². The lowest BCUT2D eigenvalue weighted by Gasteiger charge is -2.25. The highest BCUT2D eigenvalue weighted by Crippen LogP contribution is 2.30. The van der Waals surface area contributed by atoms with Crippen molar-refractivity contribution in [3.8, 4) is 22.8 Å². The third-order valence-electron chi connectivity index (χ3n) is 5.46. The van der Waals surface area contributed by atoms with E-state index in [1.54, 1.807) is 36.7 Å². The lowest BCUT2D eigenvalue weighted by atomic mass is 10.1. The summed E-state index contributed by atoms with van der Waals surface area (Å²) in [5.41, 5.74) is 2.59. The number of aromatic nitrogens is 4. The van der Waals surface area contributed by atoms with Crippen molar-refractivity contribution < 1.29 is 17.9 Å². The largest absolute Gasteiger partial charge is 0.462 e. The van der Waals surface area contributed by atoms with Crippen molar-refractivity contribution in [3.05, 3.63) is 90.5 Å². The molecule has 0 bridgehead atoms. The number of sulfone groups is 1. The van der Waals surface area contributed by atoms with Crippen LogP contribution in [0.2, 0.25) is 0 Å². The molecule has 9 nitrogen and oxygen atoms in total. The van der Waals surface area contributed by atoms with Gasteiger partial charge in [-0.25, -0.2) is 18.4 Å². The normalized spacial score (nSPS) is 13.1. The van der Waals surface area contributed by atoms with E-state index >= 15 is 0 Å². The first-order valence-corrected chi connectivity index (χ1v) is 12.8. The number of H-pyrrole nitrogens is 1. The number of hydrogen-bond donors (Lipinski definition) is 1. The molecule has 10 heteroatoms. The quantitative estimate of drug-likeness (QED) is 0.398. The van der Waals surface area contributed by atoms with Gasteiger partial charge >= 0.3 is 0 Å². The van der Waals surface area contributed by atoms with E-state index in [0.29, 0.717) is 41.9 Å². The molecule has 0 unspecified atom stereocenters. The molecule has 1 aliphatic rings. The summed E-state index contributed by atoms with van der Waals surface area (Å²) in [7, 11) is -3.28. The minimum absolute atomic E-state index is 0.202. The standard InChI is InChI=1S/C25H23N5O4S/c1-35(31,32)21-11-9-19(10-12-21)23-27-24(29-28-23)22-8-5-13-26-25(22)30(15-20-16-33-17-34-20)14-18-6-3-2-4-7-18/h2-13,16H,14-15,17H2,1H3,(H,27,28,29). The number of nitrogens with one attached hydrogen (secondary N) is 1. The Labute approximate surface area is 203 Å². The van der Waals surface area contributed by atoms with E-state index in [1.165, 1.54) is 6.26 Å².